The first-order chi connectivity index (χ1) is 43.6. The van der Waals surface area contributed by atoms with Crippen molar-refractivity contribution < 1.29 is 9.47 Å². The highest BCUT2D eigenvalue weighted by Gasteiger charge is 2.52. The molecule has 4 heterocycles. The van der Waals surface area contributed by atoms with E-state index in [1.54, 1.807) is 0 Å². The molecule has 4 nitrogen and oxygen atoms in total. The molecule has 0 fully saturated rings. The van der Waals surface area contributed by atoms with Crippen molar-refractivity contribution in [2.75, 3.05) is 9.80 Å². The molecule has 6 heteroatoms. The van der Waals surface area contributed by atoms with E-state index >= 15 is 0 Å². The molecule has 4 aliphatic rings. The van der Waals surface area contributed by atoms with Gasteiger partial charge >= 0.3 is 0 Å². The van der Waals surface area contributed by atoms with Gasteiger partial charge in [-0.05, 0) is 184 Å². The molecule has 0 unspecified atom stereocenters. The lowest BCUT2D eigenvalue weighted by Crippen LogP contribution is -2.64. The van der Waals surface area contributed by atoms with Crippen molar-refractivity contribution in [1.29, 1.82) is 0 Å². The standard InChI is InChI=1S/C84H78B2N2O2/c1-49(2)55-13-21-59(22-14-55)61-29-37-69(38-30-61)87-75-41-33-67(63-25-17-57(18-26-63)51(5)6)47-71(75)85-73-45-65(53(9)10)36-44-78(73)90-84-79(85)81(87)83-80-82(84)88(70-39-31-62(32-40-70)60-23-15-56(16-24-60)50(3)4)76-42-34-68(64-27-19-58(20-28-64)52(7)8)48-72(76)86(80)74-46-66(54(11)12)35-43-77(74)89-83/h13-54H,1-12H3. The van der Waals surface area contributed by atoms with Crippen LogP contribution in [0.2, 0.25) is 0 Å². The number of hydrogen-bond donors (Lipinski definition) is 0. The first-order valence-electron chi connectivity index (χ1n) is 32.9. The number of anilines is 6. The Bertz CT molecular complexity index is 4280. The minimum atomic E-state index is -0.235. The van der Waals surface area contributed by atoms with Crippen molar-refractivity contribution in [3.8, 4) is 67.5 Å². The molecule has 0 bridgehead atoms. The summed E-state index contributed by atoms with van der Waals surface area (Å²) in [6.07, 6.45) is 0. The Kier molecular flexibility index (Phi) is 14.2. The topological polar surface area (TPSA) is 24.9 Å². The molecular formula is C84H78B2N2O2. The number of fused-ring (bicyclic) bond motifs is 10. The van der Waals surface area contributed by atoms with Gasteiger partial charge in [0.1, 0.15) is 23.0 Å². The predicted octanol–water partition coefficient (Wildman–Crippen LogP) is 19.9. The maximum atomic E-state index is 7.92. The minimum Gasteiger partial charge on any atom is -0.456 e. The fourth-order valence-corrected chi connectivity index (χ4v) is 14.5. The Balaban J connectivity index is 1.04. The molecule has 0 spiro atoms. The van der Waals surface area contributed by atoms with Crippen molar-refractivity contribution in [2.24, 2.45) is 0 Å². The zero-order valence-electron chi connectivity index (χ0n) is 54.1. The van der Waals surface area contributed by atoms with Gasteiger partial charge in [-0.2, -0.15) is 0 Å². The predicted molar refractivity (Wildman–Crippen MR) is 384 cm³/mol. The average Bonchev–Trinajstić information content (AvgIpc) is 0.691. The summed E-state index contributed by atoms with van der Waals surface area (Å²) in [6.45, 7) is 26.8. The number of ether oxygens (including phenoxy) is 2. The highest BCUT2D eigenvalue weighted by Crippen LogP contribution is 2.55. The molecule has 442 valence electrons. The number of rotatable bonds is 12. The molecule has 4 aliphatic heterocycles. The van der Waals surface area contributed by atoms with Gasteiger partial charge in [-0.15, -0.1) is 0 Å². The van der Waals surface area contributed by atoms with E-state index in [1.807, 2.05) is 0 Å². The number of nitrogens with zero attached hydrogens (tertiary/aromatic N) is 2. The molecule has 0 saturated heterocycles. The Morgan fingerprint density at radius 1 is 0.256 bits per heavy atom. The summed E-state index contributed by atoms with van der Waals surface area (Å²) in [7, 11) is 0. The fraction of sp³-hybridized carbons (Fsp3) is 0.214. The van der Waals surface area contributed by atoms with Crippen molar-refractivity contribution in [2.45, 2.75) is 119 Å². The molecule has 11 aromatic rings. The number of benzene rings is 11. The van der Waals surface area contributed by atoms with Crippen LogP contribution in [0.1, 0.15) is 152 Å². The summed E-state index contributed by atoms with van der Waals surface area (Å²) in [5.74, 6) is 5.81. The lowest BCUT2D eigenvalue weighted by molar-refractivity contribution is 0.477. The molecule has 0 saturated carbocycles. The summed E-state index contributed by atoms with van der Waals surface area (Å²) >= 11 is 0. The van der Waals surface area contributed by atoms with Gasteiger partial charge in [0.25, 0.3) is 13.4 Å². The fourth-order valence-electron chi connectivity index (χ4n) is 14.5. The second-order valence-corrected chi connectivity index (χ2v) is 27.6. The zero-order chi connectivity index (χ0) is 62.0. The van der Waals surface area contributed by atoms with Crippen LogP contribution in [-0.4, -0.2) is 13.4 Å². The van der Waals surface area contributed by atoms with Crippen molar-refractivity contribution in [3.63, 3.8) is 0 Å². The molecule has 0 aromatic heterocycles. The van der Waals surface area contributed by atoms with E-state index in [1.165, 1.54) is 88.8 Å². The van der Waals surface area contributed by atoms with Gasteiger partial charge in [-0.3, -0.25) is 0 Å². The molecule has 0 amide bonds. The van der Waals surface area contributed by atoms with Crippen LogP contribution in [0.4, 0.5) is 34.1 Å². The second-order valence-electron chi connectivity index (χ2n) is 27.6. The highest BCUT2D eigenvalue weighted by atomic mass is 16.5. The van der Waals surface area contributed by atoms with Gasteiger partial charge in [0.15, 0.2) is 0 Å². The Morgan fingerprint density at radius 2 is 0.511 bits per heavy atom. The van der Waals surface area contributed by atoms with Crippen LogP contribution in [0.5, 0.6) is 23.0 Å². The summed E-state index contributed by atoms with van der Waals surface area (Å²) in [5.41, 5.74) is 30.7. The highest BCUT2D eigenvalue weighted by molar-refractivity contribution is 7.02. The lowest BCUT2D eigenvalue weighted by atomic mass is 9.31. The molecule has 90 heavy (non-hydrogen) atoms. The summed E-state index contributed by atoms with van der Waals surface area (Å²) < 4.78 is 15.8. The summed E-state index contributed by atoms with van der Waals surface area (Å²) in [6, 6.07) is 83.5. The molecule has 0 aliphatic carbocycles. The van der Waals surface area contributed by atoms with Gasteiger partial charge < -0.3 is 19.3 Å². The maximum absolute atomic E-state index is 7.92. The van der Waals surface area contributed by atoms with Crippen LogP contribution in [0.3, 0.4) is 0 Å². The van der Waals surface area contributed by atoms with E-state index in [-0.39, 0.29) is 13.4 Å². The van der Waals surface area contributed by atoms with Crippen LogP contribution >= 0.6 is 0 Å². The first-order valence-corrected chi connectivity index (χ1v) is 32.9. The maximum Gasteiger partial charge on any atom is 0.256 e. The third-order valence-electron chi connectivity index (χ3n) is 20.0. The van der Waals surface area contributed by atoms with E-state index in [9.17, 15) is 0 Å². The van der Waals surface area contributed by atoms with Crippen LogP contribution in [-0.2, 0) is 0 Å². The molecular weight excluding hydrogens is 1090 g/mol. The van der Waals surface area contributed by atoms with Crippen molar-refractivity contribution in [1.82, 2.24) is 0 Å². The van der Waals surface area contributed by atoms with Crippen LogP contribution < -0.4 is 52.1 Å². The number of hydrogen-bond acceptors (Lipinski definition) is 4. The van der Waals surface area contributed by atoms with E-state index in [2.05, 4.69) is 311 Å². The van der Waals surface area contributed by atoms with Gasteiger partial charge in [0.05, 0.1) is 11.4 Å². The SMILES string of the molecule is CC(C)c1ccc(-c2ccc(N3c4ccc(-c5ccc(C(C)C)cc5)cc4B4c5cc(C(C)C)ccc5Oc5c4c3c3c4c5N(c5ccc(-c6ccc(C(C)C)cc6)cc5)c5ccc(-c6ccc(C(C)C)cc6)cc5B4c4cc(C(C)C)ccc4O3)cc2)cc1. The largest absolute Gasteiger partial charge is 0.456 e. The van der Waals surface area contributed by atoms with Gasteiger partial charge in [-0.1, -0.05) is 253 Å². The lowest BCUT2D eigenvalue weighted by Gasteiger charge is -2.47. The smallest absolute Gasteiger partial charge is 0.256 e. The quantitative estimate of drug-likeness (QED) is 0.114. The Morgan fingerprint density at radius 3 is 0.800 bits per heavy atom. The van der Waals surface area contributed by atoms with Gasteiger partial charge in [0.2, 0.25) is 0 Å². The molecule has 0 N–H and O–H groups in total. The van der Waals surface area contributed by atoms with E-state index < -0.39 is 0 Å². The summed E-state index contributed by atoms with van der Waals surface area (Å²) in [4.78, 5) is 5.04. The van der Waals surface area contributed by atoms with Crippen LogP contribution in [0, 0.1) is 0 Å². The van der Waals surface area contributed by atoms with Gasteiger partial charge in [-0.25, -0.2) is 0 Å². The Hall–Kier alpha value is -9.25. The zero-order valence-corrected chi connectivity index (χ0v) is 54.1. The monoisotopic (exact) mass is 1170 g/mol. The van der Waals surface area contributed by atoms with E-state index in [4.69, 9.17) is 9.47 Å². The normalized spacial score (nSPS) is 13.4. The second kappa shape index (κ2) is 22.4. The van der Waals surface area contributed by atoms with E-state index in [0.717, 1.165) is 79.0 Å². The van der Waals surface area contributed by atoms with Crippen LogP contribution in [0.25, 0.3) is 44.5 Å². The Labute approximate surface area is 534 Å². The molecule has 15 rings (SSSR count). The van der Waals surface area contributed by atoms with Crippen molar-refractivity contribution >= 4 is 80.3 Å². The molecule has 11 aromatic carbocycles. The van der Waals surface area contributed by atoms with Gasteiger partial charge in [0, 0.05) is 33.7 Å². The minimum absolute atomic E-state index is 0.235. The molecule has 0 radical (unpaired) electrons. The summed E-state index contributed by atoms with van der Waals surface area (Å²) in [5, 5.41) is 0. The third-order valence-corrected chi connectivity index (χ3v) is 20.0. The van der Waals surface area contributed by atoms with E-state index in [0.29, 0.717) is 35.5 Å². The molecule has 0 atom stereocenters. The average molecular weight is 1170 g/mol. The van der Waals surface area contributed by atoms with Crippen molar-refractivity contribution in [3.05, 3.63) is 252 Å². The van der Waals surface area contributed by atoms with Crippen LogP contribution in [0.15, 0.2) is 218 Å². The third kappa shape index (κ3) is 9.59. The first kappa shape index (κ1) is 57.2.